The number of rotatable bonds is 5. The van der Waals surface area contributed by atoms with Crippen LogP contribution in [0, 0.1) is 0 Å². The standard InChI is InChI=1S/C10H18O3/c1-4-5-6-9(13-8(2)11)10(3)7-12-10/h9H,4-7H2,1-3H3/t9-,10-/m0/s1. The van der Waals surface area contributed by atoms with Gasteiger partial charge in [0.1, 0.15) is 11.7 Å². The first-order valence-electron chi connectivity index (χ1n) is 4.89. The average Bonchev–Trinajstić information content (AvgIpc) is 2.78. The van der Waals surface area contributed by atoms with E-state index in [2.05, 4.69) is 6.92 Å². The zero-order valence-corrected chi connectivity index (χ0v) is 8.63. The van der Waals surface area contributed by atoms with E-state index in [9.17, 15) is 4.79 Å². The number of hydrogen-bond acceptors (Lipinski definition) is 3. The molecule has 0 bridgehead atoms. The maximum Gasteiger partial charge on any atom is 0.303 e. The minimum atomic E-state index is -0.210. The van der Waals surface area contributed by atoms with Crippen LogP contribution in [-0.4, -0.2) is 24.3 Å². The third-order valence-electron chi connectivity index (χ3n) is 2.41. The molecule has 0 spiro atoms. The minimum absolute atomic E-state index is 0.0510. The molecule has 0 aromatic rings. The third kappa shape index (κ3) is 2.99. The number of carbonyl (C=O) groups is 1. The predicted octanol–water partition coefficient (Wildman–Crippen LogP) is 1.90. The SMILES string of the molecule is CCCC[C@H](OC(C)=O)[C@]1(C)CO1. The molecule has 0 aromatic carbocycles. The van der Waals surface area contributed by atoms with Crippen molar-refractivity contribution in [3.05, 3.63) is 0 Å². The van der Waals surface area contributed by atoms with Crippen LogP contribution in [0.4, 0.5) is 0 Å². The molecule has 1 fully saturated rings. The van der Waals surface area contributed by atoms with Gasteiger partial charge in [0.25, 0.3) is 0 Å². The van der Waals surface area contributed by atoms with Crippen LogP contribution in [0.15, 0.2) is 0 Å². The Kier molecular flexibility index (Phi) is 3.31. The second kappa shape index (κ2) is 4.09. The number of epoxide rings is 1. The molecule has 76 valence electrons. The van der Waals surface area contributed by atoms with Crippen molar-refractivity contribution in [1.82, 2.24) is 0 Å². The van der Waals surface area contributed by atoms with Crippen molar-refractivity contribution in [2.75, 3.05) is 6.61 Å². The van der Waals surface area contributed by atoms with E-state index in [1.54, 1.807) is 0 Å². The van der Waals surface area contributed by atoms with E-state index in [4.69, 9.17) is 9.47 Å². The summed E-state index contributed by atoms with van der Waals surface area (Å²) in [6.45, 7) is 6.29. The Morgan fingerprint density at radius 1 is 1.69 bits per heavy atom. The summed E-state index contributed by atoms with van der Waals surface area (Å²) in [7, 11) is 0. The van der Waals surface area contributed by atoms with Gasteiger partial charge in [0.05, 0.1) is 6.61 Å². The third-order valence-corrected chi connectivity index (χ3v) is 2.41. The van der Waals surface area contributed by atoms with Gasteiger partial charge in [0.15, 0.2) is 0 Å². The molecule has 13 heavy (non-hydrogen) atoms. The molecule has 0 radical (unpaired) electrons. The van der Waals surface area contributed by atoms with Gasteiger partial charge >= 0.3 is 5.97 Å². The predicted molar refractivity (Wildman–Crippen MR) is 49.4 cm³/mol. The van der Waals surface area contributed by atoms with Crippen LogP contribution < -0.4 is 0 Å². The monoisotopic (exact) mass is 186 g/mol. The molecule has 3 nitrogen and oxygen atoms in total. The Bertz CT molecular complexity index is 185. The fraction of sp³-hybridized carbons (Fsp3) is 0.900. The van der Waals surface area contributed by atoms with Crippen molar-refractivity contribution in [3.8, 4) is 0 Å². The normalized spacial score (nSPS) is 28.2. The van der Waals surface area contributed by atoms with E-state index in [0.717, 1.165) is 19.3 Å². The summed E-state index contributed by atoms with van der Waals surface area (Å²) in [5, 5.41) is 0. The van der Waals surface area contributed by atoms with Gasteiger partial charge in [0, 0.05) is 6.92 Å². The molecular weight excluding hydrogens is 168 g/mol. The second-order valence-electron chi connectivity index (χ2n) is 3.84. The Balaban J connectivity index is 2.39. The summed E-state index contributed by atoms with van der Waals surface area (Å²) in [5.41, 5.74) is -0.194. The van der Waals surface area contributed by atoms with Gasteiger partial charge in [0.2, 0.25) is 0 Å². The lowest BCUT2D eigenvalue weighted by atomic mass is 10.0. The van der Waals surface area contributed by atoms with Gasteiger partial charge in [-0.1, -0.05) is 13.3 Å². The molecule has 0 unspecified atom stereocenters. The zero-order valence-electron chi connectivity index (χ0n) is 8.63. The van der Waals surface area contributed by atoms with Gasteiger partial charge in [-0.15, -0.1) is 0 Å². The highest BCUT2D eigenvalue weighted by Crippen LogP contribution is 2.34. The van der Waals surface area contributed by atoms with Crippen LogP contribution in [0.2, 0.25) is 0 Å². The summed E-state index contributed by atoms with van der Waals surface area (Å²) in [6, 6.07) is 0. The first-order chi connectivity index (χ1) is 6.08. The summed E-state index contributed by atoms with van der Waals surface area (Å²) >= 11 is 0. The van der Waals surface area contributed by atoms with Gasteiger partial charge in [-0.25, -0.2) is 0 Å². The number of carbonyl (C=O) groups excluding carboxylic acids is 1. The first kappa shape index (κ1) is 10.5. The maximum atomic E-state index is 10.8. The Hall–Kier alpha value is -0.570. The van der Waals surface area contributed by atoms with Gasteiger partial charge in [-0.05, 0) is 19.8 Å². The number of unbranched alkanes of at least 4 members (excludes halogenated alkanes) is 1. The molecule has 2 atom stereocenters. The van der Waals surface area contributed by atoms with E-state index in [1.165, 1.54) is 6.92 Å². The van der Waals surface area contributed by atoms with Crippen LogP contribution in [0.5, 0.6) is 0 Å². The number of hydrogen-bond donors (Lipinski definition) is 0. The van der Waals surface area contributed by atoms with E-state index in [-0.39, 0.29) is 17.7 Å². The average molecular weight is 186 g/mol. The Labute approximate surface area is 79.4 Å². The molecular formula is C10H18O3. The smallest absolute Gasteiger partial charge is 0.303 e. The van der Waals surface area contributed by atoms with Crippen LogP contribution in [0.25, 0.3) is 0 Å². The van der Waals surface area contributed by atoms with Crippen molar-refractivity contribution >= 4 is 5.97 Å². The molecule has 3 heteroatoms. The van der Waals surface area contributed by atoms with E-state index in [0.29, 0.717) is 6.61 Å². The number of ether oxygens (including phenoxy) is 2. The molecule has 0 aliphatic carbocycles. The lowest BCUT2D eigenvalue weighted by molar-refractivity contribution is -0.150. The van der Waals surface area contributed by atoms with Crippen LogP contribution in [-0.2, 0) is 14.3 Å². The molecule has 0 saturated carbocycles. The van der Waals surface area contributed by atoms with Crippen molar-refractivity contribution in [3.63, 3.8) is 0 Å². The second-order valence-corrected chi connectivity index (χ2v) is 3.84. The lowest BCUT2D eigenvalue weighted by Crippen LogP contribution is -2.31. The van der Waals surface area contributed by atoms with Crippen molar-refractivity contribution in [2.45, 2.75) is 51.7 Å². The van der Waals surface area contributed by atoms with Crippen molar-refractivity contribution in [2.24, 2.45) is 0 Å². The quantitative estimate of drug-likeness (QED) is 0.486. The van der Waals surface area contributed by atoms with E-state index < -0.39 is 0 Å². The van der Waals surface area contributed by atoms with Crippen LogP contribution >= 0.6 is 0 Å². The van der Waals surface area contributed by atoms with Crippen molar-refractivity contribution < 1.29 is 14.3 Å². The van der Waals surface area contributed by atoms with Crippen molar-refractivity contribution in [1.29, 1.82) is 0 Å². The Morgan fingerprint density at radius 3 is 2.69 bits per heavy atom. The summed E-state index contributed by atoms with van der Waals surface area (Å²) in [6.07, 6.45) is 3.06. The van der Waals surface area contributed by atoms with Crippen LogP contribution in [0.1, 0.15) is 40.0 Å². The first-order valence-corrected chi connectivity index (χ1v) is 4.89. The molecule has 1 aliphatic heterocycles. The summed E-state index contributed by atoms with van der Waals surface area (Å²) < 4.78 is 10.5. The fourth-order valence-electron chi connectivity index (χ4n) is 1.38. The van der Waals surface area contributed by atoms with E-state index in [1.807, 2.05) is 6.92 Å². The summed E-state index contributed by atoms with van der Waals surface area (Å²) in [4.78, 5) is 10.8. The maximum absolute atomic E-state index is 10.8. The largest absolute Gasteiger partial charge is 0.459 e. The highest BCUT2D eigenvalue weighted by Gasteiger charge is 2.48. The summed E-state index contributed by atoms with van der Waals surface area (Å²) in [5.74, 6) is -0.210. The zero-order chi connectivity index (χ0) is 9.90. The lowest BCUT2D eigenvalue weighted by Gasteiger charge is -2.20. The van der Waals surface area contributed by atoms with Gasteiger partial charge in [-0.2, -0.15) is 0 Å². The number of esters is 1. The van der Waals surface area contributed by atoms with E-state index >= 15 is 0 Å². The highest BCUT2D eigenvalue weighted by molar-refractivity contribution is 5.66. The molecule has 0 amide bonds. The molecule has 1 heterocycles. The van der Waals surface area contributed by atoms with Crippen LogP contribution in [0.3, 0.4) is 0 Å². The Morgan fingerprint density at radius 2 is 2.31 bits per heavy atom. The highest BCUT2D eigenvalue weighted by atomic mass is 16.6. The molecule has 1 saturated heterocycles. The molecule has 0 aromatic heterocycles. The molecule has 1 aliphatic rings. The van der Waals surface area contributed by atoms with Gasteiger partial charge in [-0.3, -0.25) is 4.79 Å². The molecule has 1 rings (SSSR count). The minimum Gasteiger partial charge on any atom is -0.459 e. The topological polar surface area (TPSA) is 38.8 Å². The van der Waals surface area contributed by atoms with Gasteiger partial charge < -0.3 is 9.47 Å². The molecule has 0 N–H and O–H groups in total. The fourth-order valence-corrected chi connectivity index (χ4v) is 1.38.